The first kappa shape index (κ1) is 18.0. The first-order valence-electron chi connectivity index (χ1n) is 8.18. The highest BCUT2D eigenvalue weighted by Gasteiger charge is 2.37. The van der Waals surface area contributed by atoms with Crippen LogP contribution in [0.1, 0.15) is 17.4 Å². The van der Waals surface area contributed by atoms with E-state index in [0.717, 1.165) is 10.0 Å². The maximum Gasteiger partial charge on any atom is 0.240 e. The normalized spacial score (nSPS) is 18.5. The van der Waals surface area contributed by atoms with E-state index in [4.69, 9.17) is 0 Å². The van der Waals surface area contributed by atoms with E-state index < -0.39 is 5.25 Å². The zero-order valence-corrected chi connectivity index (χ0v) is 16.6. The second-order valence-electron chi connectivity index (χ2n) is 6.06. The monoisotopic (exact) mass is 447 g/mol. The largest absolute Gasteiger partial charge is 0.325 e. The van der Waals surface area contributed by atoms with Gasteiger partial charge in [-0.1, -0.05) is 39.8 Å². The summed E-state index contributed by atoms with van der Waals surface area (Å²) in [7, 11) is 0. The van der Waals surface area contributed by atoms with E-state index in [9.17, 15) is 9.18 Å². The van der Waals surface area contributed by atoms with Gasteiger partial charge in [0, 0.05) is 10.2 Å². The number of benzene rings is 2. The lowest BCUT2D eigenvalue weighted by molar-refractivity contribution is -0.116. The van der Waals surface area contributed by atoms with Crippen molar-refractivity contribution in [2.75, 3.05) is 10.7 Å². The third-order valence-corrected chi connectivity index (χ3v) is 5.94. The highest BCUT2D eigenvalue weighted by molar-refractivity contribution is 9.10. The number of rotatable bonds is 3. The molecule has 27 heavy (non-hydrogen) atoms. The Labute approximate surface area is 167 Å². The number of halogens is 2. The number of nitrogens with zero attached hydrogens (tertiary/aromatic N) is 3. The smallest absolute Gasteiger partial charge is 0.240 e. The summed E-state index contributed by atoms with van der Waals surface area (Å²) in [5.74, 6) is 0.201. The summed E-state index contributed by atoms with van der Waals surface area (Å²) in [4.78, 5) is 13.0. The Balaban J connectivity index is 1.65. The van der Waals surface area contributed by atoms with Gasteiger partial charge in [-0.3, -0.25) is 4.79 Å². The molecule has 6 nitrogen and oxygen atoms in total. The number of carbonyl (C=O) groups excluding carboxylic acids is 1. The average Bonchev–Trinajstić information content (AvgIpc) is 3.03. The minimum Gasteiger partial charge on any atom is -0.325 e. The van der Waals surface area contributed by atoms with Crippen molar-refractivity contribution >= 4 is 39.3 Å². The lowest BCUT2D eigenvalue weighted by Gasteiger charge is -2.32. The summed E-state index contributed by atoms with van der Waals surface area (Å²) in [6.45, 7) is 1.83. The third kappa shape index (κ3) is 3.70. The Morgan fingerprint density at radius 3 is 2.59 bits per heavy atom. The zero-order chi connectivity index (χ0) is 19.0. The number of hydrogen-bond donors (Lipinski definition) is 2. The van der Waals surface area contributed by atoms with Crippen molar-refractivity contribution in [2.45, 2.75) is 23.4 Å². The van der Waals surface area contributed by atoms with Gasteiger partial charge in [0.2, 0.25) is 11.1 Å². The minimum atomic E-state index is -0.504. The summed E-state index contributed by atoms with van der Waals surface area (Å²) in [5.41, 5.74) is 4.79. The van der Waals surface area contributed by atoms with Crippen molar-refractivity contribution in [3.63, 3.8) is 0 Å². The second kappa shape index (κ2) is 7.32. The van der Waals surface area contributed by atoms with Crippen LogP contribution >= 0.6 is 27.7 Å². The molecular weight excluding hydrogens is 433 g/mol. The van der Waals surface area contributed by atoms with Gasteiger partial charge in [-0.05, 0) is 48.9 Å². The van der Waals surface area contributed by atoms with E-state index in [-0.39, 0.29) is 17.8 Å². The van der Waals surface area contributed by atoms with Gasteiger partial charge in [0.15, 0.2) is 0 Å². The maximum atomic E-state index is 13.3. The Kier molecular flexibility index (Phi) is 4.88. The maximum absolute atomic E-state index is 13.3. The van der Waals surface area contributed by atoms with Gasteiger partial charge >= 0.3 is 0 Å². The average molecular weight is 448 g/mol. The topological polar surface area (TPSA) is 71.8 Å². The number of aryl methyl sites for hydroxylation is 1. The molecule has 138 valence electrons. The van der Waals surface area contributed by atoms with Crippen molar-refractivity contribution in [3.05, 3.63) is 70.2 Å². The number of hydrogen-bond acceptors (Lipinski definition) is 5. The van der Waals surface area contributed by atoms with E-state index in [1.54, 1.807) is 16.8 Å². The molecule has 2 heterocycles. The van der Waals surface area contributed by atoms with Crippen molar-refractivity contribution in [1.82, 2.24) is 14.9 Å². The molecule has 0 aliphatic carbocycles. The molecule has 9 heteroatoms. The summed E-state index contributed by atoms with van der Waals surface area (Å²) in [6.07, 6.45) is 0. The SMILES string of the molecule is Cc1nnc2n1N[C@@H](c1ccc(F)cc1)[C@@H](C(=O)Nc1ccc(Br)cc1)S2. The zero-order valence-electron chi connectivity index (χ0n) is 14.2. The van der Waals surface area contributed by atoms with Crippen LogP contribution in [0.25, 0.3) is 0 Å². The Hall–Kier alpha value is -2.39. The van der Waals surface area contributed by atoms with Crippen molar-refractivity contribution in [3.8, 4) is 0 Å². The second-order valence-corrected chi connectivity index (χ2v) is 8.08. The van der Waals surface area contributed by atoms with E-state index in [1.165, 1.54) is 23.9 Å². The summed E-state index contributed by atoms with van der Waals surface area (Å²) in [6, 6.07) is 13.1. The number of anilines is 1. The van der Waals surface area contributed by atoms with Crippen molar-refractivity contribution in [1.29, 1.82) is 0 Å². The molecule has 0 fully saturated rings. The molecule has 4 rings (SSSR count). The molecule has 2 aromatic carbocycles. The Morgan fingerprint density at radius 1 is 1.19 bits per heavy atom. The van der Waals surface area contributed by atoms with Gasteiger partial charge in [-0.15, -0.1) is 10.2 Å². The summed E-state index contributed by atoms with van der Waals surface area (Å²) in [5, 5.41) is 11.2. The van der Waals surface area contributed by atoms with Crippen molar-refractivity contribution in [2.24, 2.45) is 0 Å². The first-order valence-corrected chi connectivity index (χ1v) is 9.85. The molecule has 0 bridgehead atoms. The van der Waals surface area contributed by atoms with E-state index in [1.807, 2.05) is 31.2 Å². The molecule has 1 amide bonds. The molecule has 0 unspecified atom stereocenters. The summed E-state index contributed by atoms with van der Waals surface area (Å²) >= 11 is 4.71. The fourth-order valence-corrected chi connectivity index (χ4v) is 4.22. The van der Waals surface area contributed by atoms with Crippen LogP contribution in [-0.2, 0) is 4.79 Å². The van der Waals surface area contributed by atoms with Gasteiger partial charge in [0.1, 0.15) is 16.9 Å². The van der Waals surface area contributed by atoms with Crippen LogP contribution in [0.4, 0.5) is 10.1 Å². The number of fused-ring (bicyclic) bond motifs is 1. The minimum absolute atomic E-state index is 0.170. The predicted octanol–water partition coefficient (Wildman–Crippen LogP) is 3.89. The number of amides is 1. The Morgan fingerprint density at radius 2 is 1.89 bits per heavy atom. The van der Waals surface area contributed by atoms with Crippen LogP contribution in [0.3, 0.4) is 0 Å². The standard InChI is InChI=1S/C18H15BrFN5OS/c1-10-22-23-18-25(10)24-15(11-2-6-13(20)7-3-11)16(27-18)17(26)21-14-8-4-12(19)5-9-14/h2-9,15-16,24H,1H3,(H,21,26)/t15-,16-/m0/s1. The predicted molar refractivity (Wildman–Crippen MR) is 106 cm³/mol. The quantitative estimate of drug-likeness (QED) is 0.637. The van der Waals surface area contributed by atoms with E-state index in [2.05, 4.69) is 36.9 Å². The van der Waals surface area contributed by atoms with Crippen molar-refractivity contribution < 1.29 is 9.18 Å². The number of aromatic nitrogens is 3. The lowest BCUT2D eigenvalue weighted by Crippen LogP contribution is -2.41. The first-order chi connectivity index (χ1) is 13.0. The molecule has 0 saturated carbocycles. The Bertz CT molecular complexity index is 976. The van der Waals surface area contributed by atoms with Gasteiger partial charge < -0.3 is 10.7 Å². The molecule has 1 aromatic heterocycles. The van der Waals surface area contributed by atoms with Gasteiger partial charge in [-0.25, -0.2) is 9.07 Å². The van der Waals surface area contributed by atoms with Crippen LogP contribution in [0.5, 0.6) is 0 Å². The third-order valence-electron chi connectivity index (χ3n) is 4.20. The fourth-order valence-electron chi connectivity index (χ4n) is 2.83. The van der Waals surface area contributed by atoms with Crippen LogP contribution in [-0.4, -0.2) is 26.0 Å². The molecule has 0 radical (unpaired) electrons. The van der Waals surface area contributed by atoms with Gasteiger partial charge in [0.25, 0.3) is 0 Å². The molecule has 3 aromatic rings. The van der Waals surface area contributed by atoms with E-state index >= 15 is 0 Å². The highest BCUT2D eigenvalue weighted by Crippen LogP contribution is 2.37. The molecule has 1 aliphatic rings. The lowest BCUT2D eigenvalue weighted by atomic mass is 10.0. The summed E-state index contributed by atoms with van der Waals surface area (Å²) < 4.78 is 16.0. The van der Waals surface area contributed by atoms with Crippen LogP contribution in [0.15, 0.2) is 58.2 Å². The molecular formula is C18H15BrFN5OS. The molecule has 2 N–H and O–H groups in total. The van der Waals surface area contributed by atoms with E-state index in [0.29, 0.717) is 16.7 Å². The molecule has 0 spiro atoms. The molecule has 1 aliphatic heterocycles. The van der Waals surface area contributed by atoms with Gasteiger partial charge in [0.05, 0.1) is 6.04 Å². The molecule has 0 saturated heterocycles. The number of thioether (sulfide) groups is 1. The highest BCUT2D eigenvalue weighted by atomic mass is 79.9. The van der Waals surface area contributed by atoms with Gasteiger partial charge in [-0.2, -0.15) is 0 Å². The fraction of sp³-hybridized carbons (Fsp3) is 0.167. The number of carbonyl (C=O) groups is 1. The van der Waals surface area contributed by atoms with Crippen LogP contribution < -0.4 is 10.7 Å². The van der Waals surface area contributed by atoms with Crippen LogP contribution in [0, 0.1) is 12.7 Å². The van der Waals surface area contributed by atoms with Crippen LogP contribution in [0.2, 0.25) is 0 Å². The molecule has 2 atom stereocenters. The number of nitrogens with one attached hydrogen (secondary N) is 2.